The largest absolute Gasteiger partial charge is 0.468 e. The van der Waals surface area contributed by atoms with Crippen molar-refractivity contribution in [2.45, 2.75) is 36.7 Å². The van der Waals surface area contributed by atoms with E-state index < -0.39 is 6.04 Å². The number of hydrogen-bond donors (Lipinski definition) is 2. The summed E-state index contributed by atoms with van der Waals surface area (Å²) in [5.74, 6) is 0.138. The number of aliphatic hydroxyl groups excluding tert-OH is 1. The molecule has 1 fully saturated rings. The van der Waals surface area contributed by atoms with Crippen LogP contribution in [0.25, 0.3) is 0 Å². The molecule has 0 bridgehead atoms. The van der Waals surface area contributed by atoms with Crippen LogP contribution in [-0.4, -0.2) is 41.3 Å². The number of carbonyl (C=O) groups excluding carboxylic acids is 1. The zero-order chi connectivity index (χ0) is 10.6. The van der Waals surface area contributed by atoms with Crippen molar-refractivity contribution in [1.29, 1.82) is 0 Å². The van der Waals surface area contributed by atoms with Gasteiger partial charge in [0.25, 0.3) is 0 Å². The Balaban J connectivity index is 2.22. The van der Waals surface area contributed by atoms with E-state index in [1.54, 1.807) is 11.8 Å². The molecule has 1 aliphatic carbocycles. The van der Waals surface area contributed by atoms with E-state index in [1.165, 1.54) is 7.11 Å². The Bertz CT molecular complexity index is 200. The lowest BCUT2D eigenvalue weighted by Crippen LogP contribution is -2.35. The number of thioether (sulfide) groups is 1. The highest BCUT2D eigenvalue weighted by atomic mass is 32.2. The second-order valence-electron chi connectivity index (χ2n) is 3.50. The van der Waals surface area contributed by atoms with Crippen molar-refractivity contribution in [1.82, 2.24) is 0 Å². The van der Waals surface area contributed by atoms with Crippen LogP contribution in [0.1, 0.15) is 19.3 Å². The highest BCUT2D eigenvalue weighted by molar-refractivity contribution is 8.00. The lowest BCUT2D eigenvalue weighted by Gasteiger charge is -2.15. The monoisotopic (exact) mass is 219 g/mol. The van der Waals surface area contributed by atoms with Gasteiger partial charge in [0, 0.05) is 11.0 Å². The number of rotatable bonds is 4. The van der Waals surface area contributed by atoms with Crippen molar-refractivity contribution in [3.8, 4) is 0 Å². The molecule has 4 nitrogen and oxygen atoms in total. The standard InChI is InChI=1S/C9H17NO3S/c1-13-9(12)6(10)5-14-8-4-2-3-7(8)11/h6-8,11H,2-5,10H2,1H3. The van der Waals surface area contributed by atoms with Crippen molar-refractivity contribution >= 4 is 17.7 Å². The van der Waals surface area contributed by atoms with E-state index in [-0.39, 0.29) is 17.3 Å². The van der Waals surface area contributed by atoms with E-state index in [2.05, 4.69) is 4.74 Å². The second-order valence-corrected chi connectivity index (χ2v) is 4.77. The van der Waals surface area contributed by atoms with Crippen LogP contribution in [-0.2, 0) is 9.53 Å². The Hall–Kier alpha value is -0.260. The van der Waals surface area contributed by atoms with Crippen LogP contribution >= 0.6 is 11.8 Å². The smallest absolute Gasteiger partial charge is 0.323 e. The fourth-order valence-electron chi connectivity index (χ4n) is 1.55. The number of ether oxygens (including phenoxy) is 1. The first kappa shape index (κ1) is 11.8. The van der Waals surface area contributed by atoms with Gasteiger partial charge in [-0.1, -0.05) is 0 Å². The molecule has 5 heteroatoms. The van der Waals surface area contributed by atoms with Gasteiger partial charge >= 0.3 is 5.97 Å². The third-order valence-corrected chi connectivity index (χ3v) is 3.94. The lowest BCUT2D eigenvalue weighted by molar-refractivity contribution is -0.141. The van der Waals surface area contributed by atoms with E-state index >= 15 is 0 Å². The molecule has 0 spiro atoms. The Morgan fingerprint density at radius 2 is 2.43 bits per heavy atom. The number of esters is 1. The first-order chi connectivity index (χ1) is 6.65. The molecular weight excluding hydrogens is 202 g/mol. The highest BCUT2D eigenvalue weighted by Crippen LogP contribution is 2.30. The first-order valence-corrected chi connectivity index (χ1v) is 5.83. The molecule has 0 aliphatic heterocycles. The number of aliphatic hydroxyl groups is 1. The highest BCUT2D eigenvalue weighted by Gasteiger charge is 2.27. The summed E-state index contributed by atoms with van der Waals surface area (Å²) in [4.78, 5) is 11.0. The normalized spacial score (nSPS) is 28.8. The predicted molar refractivity (Wildman–Crippen MR) is 56.1 cm³/mol. The predicted octanol–water partition coefficient (Wildman–Crippen LogP) is 0.133. The quantitative estimate of drug-likeness (QED) is 0.658. The van der Waals surface area contributed by atoms with Crippen molar-refractivity contribution in [2.75, 3.05) is 12.9 Å². The molecule has 0 aromatic heterocycles. The molecule has 82 valence electrons. The van der Waals surface area contributed by atoms with Crippen LogP contribution in [0, 0.1) is 0 Å². The SMILES string of the molecule is COC(=O)C(N)CSC1CCCC1O. The maximum atomic E-state index is 11.0. The summed E-state index contributed by atoms with van der Waals surface area (Å²) in [6.45, 7) is 0. The molecule has 0 aromatic rings. The molecule has 3 unspecified atom stereocenters. The molecule has 1 saturated carbocycles. The van der Waals surface area contributed by atoms with Crippen molar-refractivity contribution in [3.63, 3.8) is 0 Å². The van der Waals surface area contributed by atoms with Crippen molar-refractivity contribution in [2.24, 2.45) is 5.73 Å². The topological polar surface area (TPSA) is 72.5 Å². The molecule has 0 saturated heterocycles. The summed E-state index contributed by atoms with van der Waals surface area (Å²) < 4.78 is 4.51. The second kappa shape index (κ2) is 5.58. The number of methoxy groups -OCH3 is 1. The van der Waals surface area contributed by atoms with E-state index in [9.17, 15) is 9.90 Å². The van der Waals surface area contributed by atoms with Crippen LogP contribution in [0.2, 0.25) is 0 Å². The summed E-state index contributed by atoms with van der Waals surface area (Å²) in [6.07, 6.45) is 2.71. The fourth-order valence-corrected chi connectivity index (χ4v) is 2.83. The number of nitrogens with two attached hydrogens (primary N) is 1. The zero-order valence-corrected chi connectivity index (χ0v) is 9.13. The van der Waals surface area contributed by atoms with Crippen molar-refractivity contribution < 1.29 is 14.6 Å². The minimum absolute atomic E-state index is 0.232. The molecule has 1 aliphatic rings. The van der Waals surface area contributed by atoms with Crippen LogP contribution in [0.4, 0.5) is 0 Å². The van der Waals surface area contributed by atoms with E-state index in [0.29, 0.717) is 5.75 Å². The third kappa shape index (κ3) is 3.15. The van der Waals surface area contributed by atoms with Gasteiger partial charge in [0.1, 0.15) is 6.04 Å². The molecule has 0 amide bonds. The Morgan fingerprint density at radius 3 is 2.93 bits per heavy atom. The Morgan fingerprint density at radius 1 is 1.71 bits per heavy atom. The van der Waals surface area contributed by atoms with Gasteiger partial charge in [-0.2, -0.15) is 11.8 Å². The molecule has 3 N–H and O–H groups in total. The van der Waals surface area contributed by atoms with Gasteiger partial charge < -0.3 is 15.6 Å². The minimum atomic E-state index is -0.571. The van der Waals surface area contributed by atoms with Gasteiger partial charge in [-0.25, -0.2) is 0 Å². The summed E-state index contributed by atoms with van der Waals surface area (Å²) in [6, 6.07) is -0.571. The summed E-state index contributed by atoms with van der Waals surface area (Å²) in [7, 11) is 1.33. The number of carbonyl (C=O) groups is 1. The van der Waals surface area contributed by atoms with Gasteiger partial charge in [0.2, 0.25) is 0 Å². The maximum Gasteiger partial charge on any atom is 0.323 e. The number of hydrogen-bond acceptors (Lipinski definition) is 5. The van der Waals surface area contributed by atoms with Crippen LogP contribution in [0.5, 0.6) is 0 Å². The summed E-state index contributed by atoms with van der Waals surface area (Å²) in [5, 5.41) is 9.76. The average Bonchev–Trinajstić information content (AvgIpc) is 2.59. The maximum absolute atomic E-state index is 11.0. The molecule has 0 radical (unpaired) electrons. The van der Waals surface area contributed by atoms with Crippen LogP contribution < -0.4 is 5.73 Å². The fraction of sp³-hybridized carbons (Fsp3) is 0.889. The van der Waals surface area contributed by atoms with Gasteiger partial charge in [-0.15, -0.1) is 0 Å². The third-order valence-electron chi connectivity index (χ3n) is 2.41. The average molecular weight is 219 g/mol. The minimum Gasteiger partial charge on any atom is -0.468 e. The molecule has 14 heavy (non-hydrogen) atoms. The van der Waals surface area contributed by atoms with Gasteiger partial charge in [-0.3, -0.25) is 4.79 Å². The molecular formula is C9H17NO3S. The van der Waals surface area contributed by atoms with Gasteiger partial charge in [0.15, 0.2) is 0 Å². The van der Waals surface area contributed by atoms with Gasteiger partial charge in [-0.05, 0) is 19.3 Å². The van der Waals surface area contributed by atoms with Crippen molar-refractivity contribution in [3.05, 3.63) is 0 Å². The van der Waals surface area contributed by atoms with Crippen LogP contribution in [0.15, 0.2) is 0 Å². The zero-order valence-electron chi connectivity index (χ0n) is 8.31. The molecule has 0 heterocycles. The van der Waals surface area contributed by atoms with E-state index in [4.69, 9.17) is 5.73 Å². The summed E-state index contributed by atoms with van der Waals surface area (Å²) >= 11 is 1.57. The lowest BCUT2D eigenvalue weighted by atomic mass is 10.3. The Labute approximate surface area is 88.2 Å². The molecule has 3 atom stereocenters. The molecule has 1 rings (SSSR count). The van der Waals surface area contributed by atoms with E-state index in [1.807, 2.05) is 0 Å². The first-order valence-electron chi connectivity index (χ1n) is 4.78. The molecule has 0 aromatic carbocycles. The van der Waals surface area contributed by atoms with E-state index in [0.717, 1.165) is 19.3 Å². The Kier molecular flexibility index (Phi) is 4.71. The van der Waals surface area contributed by atoms with Crippen LogP contribution in [0.3, 0.4) is 0 Å². The summed E-state index contributed by atoms with van der Waals surface area (Å²) in [5.41, 5.74) is 5.57. The van der Waals surface area contributed by atoms with Gasteiger partial charge in [0.05, 0.1) is 13.2 Å².